The molecule has 0 bridgehead atoms. The summed E-state index contributed by atoms with van der Waals surface area (Å²) in [4.78, 5) is 32.7. The molecule has 1 fully saturated rings. The number of amides is 2. The van der Waals surface area contributed by atoms with Crippen molar-refractivity contribution in [1.29, 1.82) is 0 Å². The fraction of sp³-hybridized carbons (Fsp3) is 0.258. The number of piperidine rings is 1. The second kappa shape index (κ2) is 11.6. The molecule has 1 aliphatic rings. The Kier molecular flexibility index (Phi) is 7.84. The van der Waals surface area contributed by atoms with E-state index in [0.717, 1.165) is 35.4 Å². The summed E-state index contributed by atoms with van der Waals surface area (Å²) in [5, 5.41) is 15.4. The van der Waals surface area contributed by atoms with Crippen LogP contribution in [0.15, 0.2) is 84.2 Å². The maximum Gasteiger partial charge on any atom is 0.275 e. The molecule has 0 radical (unpaired) electrons. The van der Waals surface area contributed by atoms with Gasteiger partial charge in [0.15, 0.2) is 0 Å². The first-order chi connectivity index (χ1) is 18.5. The zero-order valence-corrected chi connectivity index (χ0v) is 22.2. The Morgan fingerprint density at radius 3 is 2.42 bits per heavy atom. The second-order valence-corrected chi connectivity index (χ2v) is 10.7. The van der Waals surface area contributed by atoms with Crippen molar-refractivity contribution in [2.24, 2.45) is 5.92 Å². The van der Waals surface area contributed by atoms with Crippen molar-refractivity contribution in [3.8, 4) is 16.9 Å². The van der Waals surface area contributed by atoms with E-state index in [2.05, 4.69) is 22.4 Å². The van der Waals surface area contributed by atoms with Gasteiger partial charge in [-0.15, -0.1) is 11.3 Å². The van der Waals surface area contributed by atoms with Gasteiger partial charge in [-0.3, -0.25) is 9.59 Å². The largest absolute Gasteiger partial charge is 0.508 e. The molecule has 1 saturated heterocycles. The zero-order valence-electron chi connectivity index (χ0n) is 21.3. The van der Waals surface area contributed by atoms with Crippen LogP contribution in [0.1, 0.15) is 46.7 Å². The normalized spacial score (nSPS) is 14.7. The van der Waals surface area contributed by atoms with E-state index in [4.69, 9.17) is 0 Å². The fourth-order valence-electron chi connectivity index (χ4n) is 4.96. The number of likely N-dealkylation sites (tertiary alicyclic amines) is 1. The summed E-state index contributed by atoms with van der Waals surface area (Å²) in [6.45, 7) is 3.43. The summed E-state index contributed by atoms with van der Waals surface area (Å²) >= 11 is 1.51. The quantitative estimate of drug-likeness (QED) is 0.294. The summed E-state index contributed by atoms with van der Waals surface area (Å²) < 4.78 is 0. The third kappa shape index (κ3) is 5.94. The smallest absolute Gasteiger partial charge is 0.275 e. The number of carbonyl (C=O) groups excluding carboxylic acids is 2. The number of aromatic nitrogens is 1. The Hall–Kier alpha value is -3.97. The highest BCUT2D eigenvalue weighted by molar-refractivity contribution is 7.10. The van der Waals surface area contributed by atoms with E-state index in [1.807, 2.05) is 71.8 Å². The highest BCUT2D eigenvalue weighted by Crippen LogP contribution is 2.32. The number of hydrogen-bond acceptors (Lipinski definition) is 5. The van der Waals surface area contributed by atoms with Crippen LogP contribution in [-0.4, -0.2) is 39.9 Å². The molecule has 2 heterocycles. The van der Waals surface area contributed by atoms with Crippen LogP contribution in [0.5, 0.6) is 5.75 Å². The summed E-state index contributed by atoms with van der Waals surface area (Å²) in [5.41, 5.74) is 4.05. The number of phenols is 1. The van der Waals surface area contributed by atoms with Gasteiger partial charge in [0.1, 0.15) is 11.4 Å². The number of phenolic OH excluding ortho intramolecular Hbond substituents is 1. The van der Waals surface area contributed by atoms with Gasteiger partial charge in [-0.25, -0.2) is 4.98 Å². The minimum absolute atomic E-state index is 0.0476. The van der Waals surface area contributed by atoms with E-state index in [1.165, 1.54) is 16.9 Å². The maximum atomic E-state index is 13.1. The Morgan fingerprint density at radius 1 is 1.00 bits per heavy atom. The lowest BCUT2D eigenvalue weighted by Gasteiger charge is -2.33. The summed E-state index contributed by atoms with van der Waals surface area (Å²) in [6.07, 6.45) is 2.45. The van der Waals surface area contributed by atoms with Crippen molar-refractivity contribution >= 4 is 28.8 Å². The van der Waals surface area contributed by atoms with Gasteiger partial charge in [-0.05, 0) is 48.6 Å². The minimum Gasteiger partial charge on any atom is -0.508 e. The van der Waals surface area contributed by atoms with Crippen molar-refractivity contribution < 1.29 is 14.7 Å². The van der Waals surface area contributed by atoms with Crippen molar-refractivity contribution in [2.75, 3.05) is 18.4 Å². The van der Waals surface area contributed by atoms with E-state index < -0.39 is 0 Å². The molecule has 1 aromatic heterocycles. The van der Waals surface area contributed by atoms with Crippen LogP contribution in [0.25, 0.3) is 11.1 Å². The lowest BCUT2D eigenvalue weighted by atomic mass is 9.94. The average molecular weight is 526 g/mol. The van der Waals surface area contributed by atoms with Gasteiger partial charge >= 0.3 is 0 Å². The molecule has 1 atom stereocenters. The van der Waals surface area contributed by atoms with Gasteiger partial charge in [-0.1, -0.05) is 67.6 Å². The lowest BCUT2D eigenvalue weighted by molar-refractivity contribution is -0.136. The molecular weight excluding hydrogens is 494 g/mol. The van der Waals surface area contributed by atoms with E-state index in [1.54, 1.807) is 12.1 Å². The van der Waals surface area contributed by atoms with Crippen LogP contribution >= 0.6 is 11.3 Å². The topological polar surface area (TPSA) is 82.5 Å². The summed E-state index contributed by atoms with van der Waals surface area (Å²) in [5.74, 6) is 0.356. The molecule has 2 N–H and O–H groups in total. The molecule has 6 nitrogen and oxygen atoms in total. The summed E-state index contributed by atoms with van der Waals surface area (Å²) in [6, 6.07) is 24.6. The first kappa shape index (κ1) is 25.7. The first-order valence-electron chi connectivity index (χ1n) is 13.0. The fourth-order valence-corrected chi connectivity index (χ4v) is 5.94. The number of carbonyl (C=O) groups is 2. The average Bonchev–Trinajstić information content (AvgIpc) is 3.45. The number of anilines is 1. The Balaban J connectivity index is 1.18. The first-order valence-corrected chi connectivity index (χ1v) is 13.8. The number of rotatable bonds is 7. The molecular formula is C31H31N3O3S. The second-order valence-electron chi connectivity index (χ2n) is 9.81. The molecule has 7 heteroatoms. The monoisotopic (exact) mass is 525 g/mol. The highest BCUT2D eigenvalue weighted by Gasteiger charge is 2.28. The van der Waals surface area contributed by atoms with E-state index in [-0.39, 0.29) is 29.4 Å². The van der Waals surface area contributed by atoms with Gasteiger partial charge in [0.05, 0.1) is 5.01 Å². The van der Waals surface area contributed by atoms with Crippen LogP contribution in [-0.2, 0) is 11.2 Å². The maximum absolute atomic E-state index is 13.1. The number of para-hydroxylation sites is 1. The van der Waals surface area contributed by atoms with Gasteiger partial charge in [0, 0.05) is 41.6 Å². The third-order valence-electron chi connectivity index (χ3n) is 7.07. The van der Waals surface area contributed by atoms with Gasteiger partial charge in [-0.2, -0.15) is 0 Å². The van der Waals surface area contributed by atoms with Crippen LogP contribution in [0.4, 0.5) is 5.69 Å². The predicted molar refractivity (Wildman–Crippen MR) is 151 cm³/mol. The van der Waals surface area contributed by atoms with Crippen LogP contribution < -0.4 is 5.32 Å². The van der Waals surface area contributed by atoms with E-state index >= 15 is 0 Å². The zero-order chi connectivity index (χ0) is 26.5. The van der Waals surface area contributed by atoms with Gasteiger partial charge in [0.2, 0.25) is 5.91 Å². The number of aromatic hydroxyl groups is 1. The van der Waals surface area contributed by atoms with Crippen molar-refractivity contribution in [3.05, 3.63) is 101 Å². The Bertz CT molecular complexity index is 1390. The molecule has 194 valence electrons. The molecule has 5 rings (SSSR count). The molecule has 4 aromatic rings. The summed E-state index contributed by atoms with van der Waals surface area (Å²) in [7, 11) is 0. The Labute approximate surface area is 227 Å². The molecule has 1 unspecified atom stereocenters. The third-order valence-corrected chi connectivity index (χ3v) is 8.08. The molecule has 3 aromatic carbocycles. The van der Waals surface area contributed by atoms with Crippen LogP contribution in [0.3, 0.4) is 0 Å². The SMILES string of the molecule is CC(Cc1ccccc1)C(=O)N1CCC(c2nc(C(=O)Nc3ccccc3-c3ccc(O)cc3)cs2)CC1. The molecule has 0 aliphatic carbocycles. The van der Waals surface area contributed by atoms with Crippen molar-refractivity contribution in [1.82, 2.24) is 9.88 Å². The molecule has 1 aliphatic heterocycles. The number of nitrogens with one attached hydrogen (secondary N) is 1. The molecule has 38 heavy (non-hydrogen) atoms. The van der Waals surface area contributed by atoms with Gasteiger partial charge in [0.25, 0.3) is 5.91 Å². The highest BCUT2D eigenvalue weighted by atomic mass is 32.1. The minimum atomic E-state index is -0.249. The van der Waals surface area contributed by atoms with E-state index in [0.29, 0.717) is 24.5 Å². The molecule has 2 amide bonds. The molecule has 0 spiro atoms. The van der Waals surface area contributed by atoms with E-state index in [9.17, 15) is 14.7 Å². The predicted octanol–water partition coefficient (Wildman–Crippen LogP) is 6.35. The lowest BCUT2D eigenvalue weighted by Crippen LogP contribution is -2.41. The number of benzene rings is 3. The number of nitrogens with zero attached hydrogens (tertiary/aromatic N) is 2. The van der Waals surface area contributed by atoms with Crippen LogP contribution in [0, 0.1) is 5.92 Å². The number of hydrogen-bond donors (Lipinski definition) is 2. The Morgan fingerprint density at radius 2 is 1.68 bits per heavy atom. The van der Waals surface area contributed by atoms with Crippen LogP contribution in [0.2, 0.25) is 0 Å². The van der Waals surface area contributed by atoms with Gasteiger partial charge < -0.3 is 15.3 Å². The standard InChI is InChI=1S/C31H31N3O3S/c1-21(19-22-7-3-2-4-8-22)31(37)34-17-15-24(16-18-34)30-33-28(20-38-30)29(36)32-27-10-6-5-9-26(27)23-11-13-25(35)14-12-23/h2-14,20-21,24,35H,15-19H2,1H3,(H,32,36). The molecule has 0 saturated carbocycles. The number of thiazole rings is 1. The van der Waals surface area contributed by atoms with Crippen molar-refractivity contribution in [3.63, 3.8) is 0 Å². The van der Waals surface area contributed by atoms with Crippen molar-refractivity contribution in [2.45, 2.75) is 32.1 Å².